The van der Waals surface area contributed by atoms with Gasteiger partial charge in [0.25, 0.3) is 5.91 Å². The Balaban J connectivity index is 2.52. The molecule has 0 heterocycles. The van der Waals surface area contributed by atoms with E-state index in [1.54, 1.807) is 12.1 Å². The van der Waals surface area contributed by atoms with Gasteiger partial charge in [-0.15, -0.1) is 0 Å². The lowest BCUT2D eigenvalue weighted by molar-refractivity contribution is -0.145. The van der Waals surface area contributed by atoms with Crippen molar-refractivity contribution in [2.24, 2.45) is 5.92 Å². The van der Waals surface area contributed by atoms with Gasteiger partial charge in [0.1, 0.15) is 6.04 Å². The highest BCUT2D eigenvalue weighted by Gasteiger charge is 2.23. The average molecular weight is 322 g/mol. The zero-order chi connectivity index (χ0) is 17.4. The lowest BCUT2D eigenvalue weighted by Crippen LogP contribution is -2.44. The molecule has 23 heavy (non-hydrogen) atoms. The number of esters is 2. The van der Waals surface area contributed by atoms with Gasteiger partial charge in [0.2, 0.25) is 0 Å². The van der Waals surface area contributed by atoms with Crippen LogP contribution in [0.3, 0.4) is 0 Å². The van der Waals surface area contributed by atoms with Crippen molar-refractivity contribution in [2.75, 3.05) is 19.5 Å². The fourth-order valence-corrected chi connectivity index (χ4v) is 1.90. The summed E-state index contributed by atoms with van der Waals surface area (Å²) >= 11 is 0. The molecule has 1 rings (SSSR count). The highest BCUT2D eigenvalue weighted by atomic mass is 16.5. The van der Waals surface area contributed by atoms with Crippen molar-refractivity contribution in [3.8, 4) is 0 Å². The molecular formula is C16H22N2O5. The molecule has 0 fully saturated rings. The number of benzene rings is 1. The molecule has 1 aromatic carbocycles. The number of nitrogens with one attached hydrogen (secondary N) is 1. The summed E-state index contributed by atoms with van der Waals surface area (Å²) in [7, 11) is 1.25. The maximum absolute atomic E-state index is 11.8. The van der Waals surface area contributed by atoms with E-state index in [1.165, 1.54) is 19.2 Å². The van der Waals surface area contributed by atoms with Crippen LogP contribution in [0.4, 0.5) is 5.69 Å². The molecule has 0 unspecified atom stereocenters. The van der Waals surface area contributed by atoms with Crippen molar-refractivity contribution >= 4 is 23.5 Å². The van der Waals surface area contributed by atoms with Crippen LogP contribution < -0.4 is 11.1 Å². The fraction of sp³-hybridized carbons (Fsp3) is 0.438. The SMILES string of the molecule is COC(=O)[C@H](CC(C)C)NC(=O)COC(=O)c1ccc(N)cc1. The zero-order valence-electron chi connectivity index (χ0n) is 13.5. The molecule has 7 nitrogen and oxygen atoms in total. The van der Waals surface area contributed by atoms with Gasteiger partial charge in [0.05, 0.1) is 12.7 Å². The number of rotatable bonds is 7. The van der Waals surface area contributed by atoms with Crippen LogP contribution >= 0.6 is 0 Å². The average Bonchev–Trinajstić information content (AvgIpc) is 2.51. The molecule has 3 N–H and O–H groups in total. The Morgan fingerprint density at radius 1 is 1.17 bits per heavy atom. The van der Waals surface area contributed by atoms with Crippen molar-refractivity contribution in [1.82, 2.24) is 5.32 Å². The second-order valence-electron chi connectivity index (χ2n) is 5.47. The normalized spacial score (nSPS) is 11.7. The number of nitrogens with two attached hydrogens (primary N) is 1. The van der Waals surface area contributed by atoms with Crippen LogP contribution in [0.5, 0.6) is 0 Å². The molecule has 0 aliphatic heterocycles. The van der Waals surface area contributed by atoms with Crippen molar-refractivity contribution < 1.29 is 23.9 Å². The first-order chi connectivity index (χ1) is 10.8. The minimum absolute atomic E-state index is 0.191. The van der Waals surface area contributed by atoms with Gasteiger partial charge in [0.15, 0.2) is 6.61 Å². The first kappa shape index (κ1) is 18.5. The molecule has 0 spiro atoms. The van der Waals surface area contributed by atoms with Gasteiger partial charge in [-0.1, -0.05) is 13.8 Å². The van der Waals surface area contributed by atoms with Crippen LogP contribution in [-0.2, 0) is 19.1 Å². The monoisotopic (exact) mass is 322 g/mol. The van der Waals surface area contributed by atoms with Crippen molar-refractivity contribution in [1.29, 1.82) is 0 Å². The molecule has 0 aliphatic rings. The van der Waals surface area contributed by atoms with Crippen molar-refractivity contribution in [3.63, 3.8) is 0 Å². The summed E-state index contributed by atoms with van der Waals surface area (Å²) in [5, 5.41) is 2.50. The summed E-state index contributed by atoms with van der Waals surface area (Å²) in [5.74, 6) is -1.54. The van der Waals surface area contributed by atoms with E-state index < -0.39 is 30.5 Å². The van der Waals surface area contributed by atoms with E-state index >= 15 is 0 Å². The van der Waals surface area contributed by atoms with Gasteiger partial charge in [-0.2, -0.15) is 0 Å². The molecule has 1 atom stereocenters. The Labute approximate surface area is 135 Å². The number of hydrogen-bond donors (Lipinski definition) is 2. The van der Waals surface area contributed by atoms with Gasteiger partial charge < -0.3 is 20.5 Å². The molecule has 1 amide bonds. The lowest BCUT2D eigenvalue weighted by Gasteiger charge is -2.18. The van der Waals surface area contributed by atoms with Crippen LogP contribution in [0.2, 0.25) is 0 Å². The summed E-state index contributed by atoms with van der Waals surface area (Å²) in [6.07, 6.45) is 0.435. The predicted molar refractivity (Wildman–Crippen MR) is 84.5 cm³/mol. The third kappa shape index (κ3) is 6.37. The van der Waals surface area contributed by atoms with Gasteiger partial charge in [-0.25, -0.2) is 9.59 Å². The predicted octanol–water partition coefficient (Wildman–Crippen LogP) is 1.13. The minimum Gasteiger partial charge on any atom is -0.467 e. The van der Waals surface area contributed by atoms with E-state index in [0.29, 0.717) is 17.7 Å². The minimum atomic E-state index is -0.761. The number of amides is 1. The largest absolute Gasteiger partial charge is 0.467 e. The summed E-state index contributed by atoms with van der Waals surface area (Å²) in [4.78, 5) is 35.2. The van der Waals surface area contributed by atoms with Gasteiger partial charge in [-0.3, -0.25) is 4.79 Å². The van der Waals surface area contributed by atoms with E-state index in [1.807, 2.05) is 13.8 Å². The third-order valence-electron chi connectivity index (χ3n) is 3.01. The molecule has 0 aromatic heterocycles. The van der Waals surface area contributed by atoms with Crippen LogP contribution in [-0.4, -0.2) is 37.6 Å². The first-order valence-corrected chi connectivity index (χ1v) is 7.23. The third-order valence-corrected chi connectivity index (χ3v) is 3.01. The Bertz CT molecular complexity index is 554. The topological polar surface area (TPSA) is 108 Å². The van der Waals surface area contributed by atoms with E-state index in [2.05, 4.69) is 10.1 Å². The maximum atomic E-state index is 11.8. The van der Waals surface area contributed by atoms with Gasteiger partial charge >= 0.3 is 11.9 Å². The smallest absolute Gasteiger partial charge is 0.338 e. The summed E-state index contributed by atoms with van der Waals surface area (Å²) in [5.41, 5.74) is 6.34. The van der Waals surface area contributed by atoms with Crippen molar-refractivity contribution in [3.05, 3.63) is 29.8 Å². The molecule has 1 aromatic rings. The van der Waals surface area contributed by atoms with Crippen LogP contribution in [0, 0.1) is 5.92 Å². The molecule has 0 saturated heterocycles. The standard InChI is InChI=1S/C16H22N2O5/c1-10(2)8-13(16(21)22-3)18-14(19)9-23-15(20)11-4-6-12(17)7-5-11/h4-7,10,13H,8-9,17H2,1-3H3,(H,18,19)/t13-/m0/s1. The summed E-state index contributed by atoms with van der Waals surface area (Å²) < 4.78 is 9.55. The summed E-state index contributed by atoms with van der Waals surface area (Å²) in [6.45, 7) is 3.36. The number of methoxy groups -OCH3 is 1. The molecule has 0 radical (unpaired) electrons. The highest BCUT2D eigenvalue weighted by Crippen LogP contribution is 2.08. The molecule has 126 valence electrons. The van der Waals surface area contributed by atoms with E-state index in [-0.39, 0.29) is 5.92 Å². The van der Waals surface area contributed by atoms with Gasteiger partial charge in [-0.05, 0) is 36.6 Å². The van der Waals surface area contributed by atoms with Gasteiger partial charge in [0, 0.05) is 5.69 Å². The molecule has 0 saturated carbocycles. The van der Waals surface area contributed by atoms with Crippen LogP contribution in [0.25, 0.3) is 0 Å². The van der Waals surface area contributed by atoms with Crippen LogP contribution in [0.1, 0.15) is 30.6 Å². The summed E-state index contributed by atoms with van der Waals surface area (Å²) in [6, 6.07) is 5.37. The zero-order valence-corrected chi connectivity index (χ0v) is 13.5. The second kappa shape index (κ2) is 8.77. The number of hydrogen-bond acceptors (Lipinski definition) is 6. The van der Waals surface area contributed by atoms with Crippen molar-refractivity contribution in [2.45, 2.75) is 26.3 Å². The number of anilines is 1. The quantitative estimate of drug-likeness (QED) is 0.575. The number of carbonyl (C=O) groups excluding carboxylic acids is 3. The number of nitrogen functional groups attached to an aromatic ring is 1. The van der Waals surface area contributed by atoms with Crippen LogP contribution in [0.15, 0.2) is 24.3 Å². The molecule has 7 heteroatoms. The Morgan fingerprint density at radius 3 is 2.30 bits per heavy atom. The highest BCUT2D eigenvalue weighted by molar-refractivity contribution is 5.92. The molecule has 0 bridgehead atoms. The Kier molecular flexibility index (Phi) is 7.05. The van der Waals surface area contributed by atoms with E-state index in [4.69, 9.17) is 10.5 Å². The van der Waals surface area contributed by atoms with E-state index in [0.717, 1.165) is 0 Å². The second-order valence-corrected chi connectivity index (χ2v) is 5.47. The number of ether oxygens (including phenoxy) is 2. The fourth-order valence-electron chi connectivity index (χ4n) is 1.90. The first-order valence-electron chi connectivity index (χ1n) is 7.23. The molecular weight excluding hydrogens is 300 g/mol. The molecule has 0 aliphatic carbocycles. The maximum Gasteiger partial charge on any atom is 0.338 e. The lowest BCUT2D eigenvalue weighted by atomic mass is 10.0. The Hall–Kier alpha value is -2.57. The number of carbonyl (C=O) groups is 3. The Morgan fingerprint density at radius 2 is 1.78 bits per heavy atom. The van der Waals surface area contributed by atoms with E-state index in [9.17, 15) is 14.4 Å².